The van der Waals surface area contributed by atoms with Gasteiger partial charge in [-0.25, -0.2) is 0 Å². The molecule has 139 valence electrons. The maximum atomic E-state index is 8.63. The first-order valence-electron chi connectivity index (χ1n) is 8.27. The Balaban J connectivity index is -0.0000000452. The van der Waals surface area contributed by atoms with Crippen molar-refractivity contribution in [1.82, 2.24) is 0 Å². The Morgan fingerprint density at radius 3 is 0.708 bits per heavy atom. The standard InChI is InChI=1S/2C6H6O.4C2H6.CH3.Y/c2*7-6-4-2-1-3-5-6;4*1-2;;/h2*1-5,7H;4*1-2H3;1H3;/q;;;;;;-1;. The molecule has 0 amide bonds. The van der Waals surface area contributed by atoms with Gasteiger partial charge in [0.15, 0.2) is 0 Å². The molecule has 24 heavy (non-hydrogen) atoms. The van der Waals surface area contributed by atoms with E-state index < -0.39 is 0 Å². The Labute approximate surface area is 177 Å². The number of rotatable bonds is 0. The molecule has 2 aromatic rings. The maximum absolute atomic E-state index is 8.63. The first-order chi connectivity index (χ1) is 10.8. The van der Waals surface area contributed by atoms with Crippen LogP contribution in [0.25, 0.3) is 0 Å². The number of phenols is 2. The van der Waals surface area contributed by atoms with E-state index in [-0.39, 0.29) is 40.1 Å². The van der Waals surface area contributed by atoms with Crippen LogP contribution < -0.4 is 0 Å². The van der Waals surface area contributed by atoms with Gasteiger partial charge in [0.05, 0.1) is 0 Å². The Bertz CT molecular complexity index is 313. The zero-order chi connectivity index (χ0) is 18.2. The maximum Gasteiger partial charge on any atom is 0.115 e. The normalized spacial score (nSPS) is 6.00. The number of hydrogen-bond donors (Lipinski definition) is 2. The Morgan fingerprint density at radius 1 is 0.458 bits per heavy atom. The molecule has 0 spiro atoms. The summed E-state index contributed by atoms with van der Waals surface area (Å²) in [6.07, 6.45) is 0. The minimum Gasteiger partial charge on any atom is -0.508 e. The quantitative estimate of drug-likeness (QED) is 0.445. The smallest absolute Gasteiger partial charge is 0.115 e. The van der Waals surface area contributed by atoms with Crippen molar-refractivity contribution in [3.05, 3.63) is 68.1 Å². The van der Waals surface area contributed by atoms with Gasteiger partial charge in [-0.2, -0.15) is 0 Å². The predicted molar refractivity (Wildman–Crippen MR) is 108 cm³/mol. The largest absolute Gasteiger partial charge is 0.508 e. The van der Waals surface area contributed by atoms with E-state index in [2.05, 4.69) is 0 Å². The molecule has 2 nitrogen and oxygen atoms in total. The third kappa shape index (κ3) is 37.4. The van der Waals surface area contributed by atoms with Gasteiger partial charge in [-0.1, -0.05) is 91.8 Å². The number of para-hydroxylation sites is 2. The van der Waals surface area contributed by atoms with Crippen molar-refractivity contribution in [2.75, 3.05) is 0 Å². The zero-order valence-corrected chi connectivity index (χ0v) is 20.1. The van der Waals surface area contributed by atoms with Crippen LogP contribution in [0.15, 0.2) is 60.7 Å². The number of benzene rings is 2. The molecule has 1 radical (unpaired) electrons. The van der Waals surface area contributed by atoms with Crippen LogP contribution in [-0.2, 0) is 32.7 Å². The van der Waals surface area contributed by atoms with E-state index in [0.717, 1.165) is 0 Å². The van der Waals surface area contributed by atoms with Crippen molar-refractivity contribution in [2.24, 2.45) is 0 Å². The molecule has 0 bridgehead atoms. The van der Waals surface area contributed by atoms with E-state index in [9.17, 15) is 0 Å². The zero-order valence-electron chi connectivity index (χ0n) is 17.2. The molecule has 2 aromatic carbocycles. The molecule has 0 aliphatic rings. The van der Waals surface area contributed by atoms with Crippen molar-refractivity contribution >= 4 is 0 Å². The summed E-state index contributed by atoms with van der Waals surface area (Å²) in [5, 5.41) is 17.3. The van der Waals surface area contributed by atoms with Gasteiger partial charge in [-0.05, 0) is 24.3 Å². The van der Waals surface area contributed by atoms with Crippen LogP contribution in [0.4, 0.5) is 0 Å². The van der Waals surface area contributed by atoms with Crippen LogP contribution in [0, 0.1) is 7.43 Å². The van der Waals surface area contributed by atoms with E-state index >= 15 is 0 Å². The summed E-state index contributed by atoms with van der Waals surface area (Å²) < 4.78 is 0. The van der Waals surface area contributed by atoms with Crippen LogP contribution in [0.1, 0.15) is 55.4 Å². The van der Waals surface area contributed by atoms with Gasteiger partial charge in [-0.3, -0.25) is 0 Å². The summed E-state index contributed by atoms with van der Waals surface area (Å²) in [5.74, 6) is 0.644. The fraction of sp³-hybridized carbons (Fsp3) is 0.381. The van der Waals surface area contributed by atoms with E-state index in [0.29, 0.717) is 11.5 Å². The van der Waals surface area contributed by atoms with Gasteiger partial charge >= 0.3 is 0 Å². The molecule has 0 saturated carbocycles. The number of aromatic hydroxyl groups is 2. The van der Waals surface area contributed by atoms with E-state index in [4.69, 9.17) is 10.2 Å². The summed E-state index contributed by atoms with van der Waals surface area (Å²) in [4.78, 5) is 0. The summed E-state index contributed by atoms with van der Waals surface area (Å²) in [5.41, 5.74) is 0. The molecule has 2 N–H and O–H groups in total. The van der Waals surface area contributed by atoms with Gasteiger partial charge in [0, 0.05) is 32.7 Å². The molecule has 0 aromatic heterocycles. The first-order valence-corrected chi connectivity index (χ1v) is 8.27. The molecule has 2 rings (SSSR count). The van der Waals surface area contributed by atoms with Gasteiger partial charge in [-0.15, -0.1) is 0 Å². The fourth-order valence-corrected chi connectivity index (χ4v) is 0.856. The summed E-state index contributed by atoms with van der Waals surface area (Å²) in [6.45, 7) is 16.0. The van der Waals surface area contributed by atoms with Gasteiger partial charge < -0.3 is 17.6 Å². The van der Waals surface area contributed by atoms with Crippen molar-refractivity contribution in [3.63, 3.8) is 0 Å². The van der Waals surface area contributed by atoms with Crippen LogP contribution in [0.3, 0.4) is 0 Å². The van der Waals surface area contributed by atoms with Crippen LogP contribution in [-0.4, -0.2) is 10.2 Å². The van der Waals surface area contributed by atoms with Crippen LogP contribution in [0.2, 0.25) is 0 Å². The molecule has 0 aliphatic carbocycles. The van der Waals surface area contributed by atoms with Crippen LogP contribution >= 0.6 is 0 Å². The van der Waals surface area contributed by atoms with Crippen molar-refractivity contribution in [1.29, 1.82) is 0 Å². The summed E-state index contributed by atoms with van der Waals surface area (Å²) in [6, 6.07) is 17.4. The SMILES string of the molecule is CC.CC.CC.CC.Oc1ccccc1.Oc1ccccc1.[CH3-].[Y]. The number of phenolic OH excluding ortho intramolecular Hbond substituents is 2. The average Bonchev–Trinajstić information content (AvgIpc) is 2.64. The third-order valence-corrected chi connectivity index (χ3v) is 1.51. The Morgan fingerprint density at radius 2 is 0.625 bits per heavy atom. The second-order valence-corrected chi connectivity index (χ2v) is 2.67. The predicted octanol–water partition coefficient (Wildman–Crippen LogP) is 7.34. The van der Waals surface area contributed by atoms with E-state index in [1.54, 1.807) is 48.5 Å². The van der Waals surface area contributed by atoms with Crippen molar-refractivity contribution in [3.8, 4) is 11.5 Å². The Hall–Kier alpha value is -0.856. The van der Waals surface area contributed by atoms with Crippen molar-refractivity contribution in [2.45, 2.75) is 55.4 Å². The van der Waals surface area contributed by atoms with E-state index in [1.165, 1.54) is 0 Å². The average molecular weight is 412 g/mol. The molecular weight excluding hydrogens is 373 g/mol. The first kappa shape index (κ1) is 38.6. The molecule has 0 fully saturated rings. The van der Waals surface area contributed by atoms with Gasteiger partial charge in [0.25, 0.3) is 0 Å². The van der Waals surface area contributed by atoms with Gasteiger partial charge in [0.1, 0.15) is 11.5 Å². The second kappa shape index (κ2) is 43.2. The summed E-state index contributed by atoms with van der Waals surface area (Å²) >= 11 is 0. The van der Waals surface area contributed by atoms with Gasteiger partial charge in [0.2, 0.25) is 0 Å². The van der Waals surface area contributed by atoms with Crippen LogP contribution in [0.5, 0.6) is 11.5 Å². The minimum absolute atomic E-state index is 0. The molecular formula is C21H39O2Y-. The third-order valence-electron chi connectivity index (χ3n) is 1.51. The van der Waals surface area contributed by atoms with E-state index in [1.807, 2.05) is 67.5 Å². The minimum atomic E-state index is 0. The Kier molecular flexibility index (Phi) is 69.4. The number of hydrogen-bond acceptors (Lipinski definition) is 2. The molecule has 0 unspecified atom stereocenters. The molecule has 3 heteroatoms. The topological polar surface area (TPSA) is 40.5 Å². The fourth-order valence-electron chi connectivity index (χ4n) is 0.856. The second-order valence-electron chi connectivity index (χ2n) is 2.67. The summed E-state index contributed by atoms with van der Waals surface area (Å²) in [7, 11) is 0. The molecule has 0 atom stereocenters. The van der Waals surface area contributed by atoms with Crippen molar-refractivity contribution < 1.29 is 42.9 Å². The molecule has 0 heterocycles. The monoisotopic (exact) mass is 412 g/mol. The molecule has 0 saturated heterocycles. The molecule has 0 aliphatic heterocycles.